The monoisotopic (exact) mass is 281 g/mol. The molecule has 1 aromatic rings. The number of nitrogens with one attached hydrogen (secondary N) is 1. The Morgan fingerprint density at radius 3 is 2.74 bits per heavy atom. The van der Waals surface area contributed by atoms with E-state index in [0.29, 0.717) is 6.04 Å². The summed E-state index contributed by atoms with van der Waals surface area (Å²) in [5, 5.41) is 4.44. The Morgan fingerprint density at radius 2 is 2.16 bits per heavy atom. The van der Waals surface area contributed by atoms with Crippen molar-refractivity contribution in [3.63, 3.8) is 0 Å². The third kappa shape index (κ3) is 3.50. The first kappa shape index (κ1) is 14.8. The molecule has 19 heavy (non-hydrogen) atoms. The maximum Gasteiger partial charge on any atom is 0.0619 e. The highest BCUT2D eigenvalue weighted by atomic mass is 35.5. The Kier molecular flexibility index (Phi) is 4.88. The van der Waals surface area contributed by atoms with Crippen LogP contribution in [0.5, 0.6) is 0 Å². The molecule has 2 unspecified atom stereocenters. The smallest absolute Gasteiger partial charge is 0.0619 e. The summed E-state index contributed by atoms with van der Waals surface area (Å²) in [5.74, 6) is 0. The molecule has 106 valence electrons. The number of hydrogen-bond acceptors (Lipinski definition) is 2. The lowest BCUT2D eigenvalue weighted by atomic mass is 9.76. The molecule has 1 heterocycles. The summed E-state index contributed by atoms with van der Waals surface area (Å²) in [4.78, 5) is 0. The zero-order chi connectivity index (χ0) is 13.9. The van der Waals surface area contributed by atoms with Crippen LogP contribution in [-0.4, -0.2) is 25.3 Å². The Labute approximate surface area is 121 Å². The van der Waals surface area contributed by atoms with Gasteiger partial charge in [0.2, 0.25) is 0 Å². The molecule has 1 aromatic carbocycles. The van der Waals surface area contributed by atoms with Gasteiger partial charge in [0.15, 0.2) is 0 Å². The first-order chi connectivity index (χ1) is 9.03. The van der Waals surface area contributed by atoms with Crippen molar-refractivity contribution in [1.82, 2.24) is 5.32 Å². The number of rotatable bonds is 5. The molecule has 1 aliphatic rings. The van der Waals surface area contributed by atoms with E-state index >= 15 is 0 Å². The second-order valence-electron chi connectivity index (χ2n) is 5.93. The van der Waals surface area contributed by atoms with E-state index in [9.17, 15) is 0 Å². The topological polar surface area (TPSA) is 21.3 Å². The zero-order valence-corrected chi connectivity index (χ0v) is 12.8. The van der Waals surface area contributed by atoms with Gasteiger partial charge in [-0.2, -0.15) is 0 Å². The predicted octanol–water partition coefficient (Wildman–Crippen LogP) is 3.68. The summed E-state index contributed by atoms with van der Waals surface area (Å²) in [7, 11) is 0. The van der Waals surface area contributed by atoms with Gasteiger partial charge in [-0.3, -0.25) is 0 Å². The number of ether oxygens (including phenoxy) is 1. The summed E-state index contributed by atoms with van der Waals surface area (Å²) >= 11 is 6.31. The molecule has 2 atom stereocenters. The standard InChI is InChI=1S/C16H24ClNO/c1-12(2)18-11-16(8-9-19-13(16)3)10-14-6-4-5-7-15(14)17/h4-7,12-13,18H,8-11H2,1-3H3. The van der Waals surface area contributed by atoms with Gasteiger partial charge in [0.05, 0.1) is 6.10 Å². The Balaban J connectivity index is 2.17. The van der Waals surface area contributed by atoms with Crippen LogP contribution >= 0.6 is 11.6 Å². The van der Waals surface area contributed by atoms with E-state index in [2.05, 4.69) is 38.2 Å². The molecule has 0 saturated carbocycles. The van der Waals surface area contributed by atoms with Crippen molar-refractivity contribution in [2.45, 2.75) is 45.8 Å². The normalized spacial score (nSPS) is 27.1. The van der Waals surface area contributed by atoms with Crippen molar-refractivity contribution >= 4 is 11.6 Å². The minimum Gasteiger partial charge on any atom is -0.378 e. The van der Waals surface area contributed by atoms with Gasteiger partial charge in [0, 0.05) is 29.6 Å². The Morgan fingerprint density at radius 1 is 1.42 bits per heavy atom. The van der Waals surface area contributed by atoms with Crippen molar-refractivity contribution in [2.24, 2.45) is 5.41 Å². The van der Waals surface area contributed by atoms with Crippen LogP contribution in [0.25, 0.3) is 0 Å². The molecule has 1 N–H and O–H groups in total. The fourth-order valence-electron chi connectivity index (χ4n) is 2.77. The molecule has 2 nitrogen and oxygen atoms in total. The molecule has 0 bridgehead atoms. The third-order valence-corrected chi connectivity index (χ3v) is 4.56. The molecule has 0 aromatic heterocycles. The van der Waals surface area contributed by atoms with Crippen molar-refractivity contribution in [2.75, 3.05) is 13.2 Å². The maximum absolute atomic E-state index is 6.31. The van der Waals surface area contributed by atoms with E-state index in [-0.39, 0.29) is 11.5 Å². The minimum absolute atomic E-state index is 0.162. The molecule has 0 spiro atoms. The summed E-state index contributed by atoms with van der Waals surface area (Å²) in [6, 6.07) is 8.65. The van der Waals surface area contributed by atoms with Crippen LogP contribution in [0, 0.1) is 5.41 Å². The quantitative estimate of drug-likeness (QED) is 0.889. The summed E-state index contributed by atoms with van der Waals surface area (Å²) < 4.78 is 5.83. The van der Waals surface area contributed by atoms with Gasteiger partial charge in [-0.05, 0) is 31.4 Å². The summed E-state index contributed by atoms with van der Waals surface area (Å²) in [6.07, 6.45) is 2.35. The van der Waals surface area contributed by atoms with E-state index in [1.165, 1.54) is 5.56 Å². The van der Waals surface area contributed by atoms with Crippen LogP contribution in [-0.2, 0) is 11.2 Å². The lowest BCUT2D eigenvalue weighted by molar-refractivity contribution is 0.0621. The first-order valence-corrected chi connectivity index (χ1v) is 7.50. The molecule has 1 saturated heterocycles. The van der Waals surface area contributed by atoms with E-state index in [1.807, 2.05) is 12.1 Å². The fourth-order valence-corrected chi connectivity index (χ4v) is 2.98. The van der Waals surface area contributed by atoms with Crippen LogP contribution in [0.15, 0.2) is 24.3 Å². The van der Waals surface area contributed by atoms with Crippen molar-refractivity contribution in [3.05, 3.63) is 34.9 Å². The van der Waals surface area contributed by atoms with E-state index in [1.54, 1.807) is 0 Å². The zero-order valence-electron chi connectivity index (χ0n) is 12.1. The second kappa shape index (κ2) is 6.25. The predicted molar refractivity (Wildman–Crippen MR) is 80.8 cm³/mol. The first-order valence-electron chi connectivity index (χ1n) is 7.12. The van der Waals surface area contributed by atoms with Gasteiger partial charge < -0.3 is 10.1 Å². The van der Waals surface area contributed by atoms with Gasteiger partial charge in [-0.15, -0.1) is 0 Å². The highest BCUT2D eigenvalue weighted by Gasteiger charge is 2.41. The number of halogens is 1. The molecule has 0 radical (unpaired) electrons. The number of benzene rings is 1. The van der Waals surface area contributed by atoms with Crippen LogP contribution in [0.2, 0.25) is 5.02 Å². The summed E-state index contributed by atoms with van der Waals surface area (Å²) in [5.41, 5.74) is 1.39. The van der Waals surface area contributed by atoms with Crippen LogP contribution in [0.4, 0.5) is 0 Å². The van der Waals surface area contributed by atoms with Gasteiger partial charge >= 0.3 is 0 Å². The molecule has 0 amide bonds. The Hall–Kier alpha value is -0.570. The van der Waals surface area contributed by atoms with Crippen LogP contribution < -0.4 is 5.32 Å². The fraction of sp³-hybridized carbons (Fsp3) is 0.625. The van der Waals surface area contributed by atoms with Crippen LogP contribution in [0.3, 0.4) is 0 Å². The lowest BCUT2D eigenvalue weighted by Gasteiger charge is -2.34. The molecule has 3 heteroatoms. The average molecular weight is 282 g/mol. The van der Waals surface area contributed by atoms with Crippen LogP contribution in [0.1, 0.15) is 32.8 Å². The van der Waals surface area contributed by atoms with Gasteiger partial charge in [-0.1, -0.05) is 43.6 Å². The van der Waals surface area contributed by atoms with E-state index < -0.39 is 0 Å². The van der Waals surface area contributed by atoms with Gasteiger partial charge in [0.1, 0.15) is 0 Å². The van der Waals surface area contributed by atoms with Crippen molar-refractivity contribution in [1.29, 1.82) is 0 Å². The molecular weight excluding hydrogens is 258 g/mol. The van der Waals surface area contributed by atoms with Gasteiger partial charge in [0.25, 0.3) is 0 Å². The molecular formula is C16H24ClNO. The maximum atomic E-state index is 6.31. The average Bonchev–Trinajstić information content (AvgIpc) is 2.72. The Bertz CT molecular complexity index is 421. The SMILES string of the molecule is CC(C)NCC1(Cc2ccccc2Cl)CCOC1C. The largest absolute Gasteiger partial charge is 0.378 e. The highest BCUT2D eigenvalue weighted by Crippen LogP contribution is 2.39. The molecule has 2 rings (SSSR count). The van der Waals surface area contributed by atoms with E-state index in [4.69, 9.17) is 16.3 Å². The third-order valence-electron chi connectivity index (χ3n) is 4.19. The van der Waals surface area contributed by atoms with Gasteiger partial charge in [-0.25, -0.2) is 0 Å². The lowest BCUT2D eigenvalue weighted by Crippen LogP contribution is -2.43. The molecule has 0 aliphatic carbocycles. The van der Waals surface area contributed by atoms with E-state index in [0.717, 1.165) is 31.0 Å². The minimum atomic E-state index is 0.162. The van der Waals surface area contributed by atoms with Crippen molar-refractivity contribution in [3.8, 4) is 0 Å². The van der Waals surface area contributed by atoms with Crippen molar-refractivity contribution < 1.29 is 4.74 Å². The highest BCUT2D eigenvalue weighted by molar-refractivity contribution is 6.31. The summed E-state index contributed by atoms with van der Waals surface area (Å²) in [6.45, 7) is 8.39. The molecule has 1 aliphatic heterocycles. The molecule has 1 fully saturated rings. The number of hydrogen-bond donors (Lipinski definition) is 1. The second-order valence-corrected chi connectivity index (χ2v) is 6.34.